The fourth-order valence-corrected chi connectivity index (χ4v) is 2.52. The molecule has 0 bridgehead atoms. The molecule has 0 saturated carbocycles. The molecule has 3 aromatic rings. The summed E-state index contributed by atoms with van der Waals surface area (Å²) in [4.78, 5) is 15.2. The van der Waals surface area contributed by atoms with E-state index in [1.165, 1.54) is 12.1 Å². The normalized spacial score (nSPS) is 10.5. The maximum absolute atomic E-state index is 13.9. The Morgan fingerprint density at radius 1 is 1.18 bits per heavy atom. The number of nitrogens with zero attached hydrogens (tertiary/aromatic N) is 5. The third-order valence-electron chi connectivity index (χ3n) is 3.91. The lowest BCUT2D eigenvalue weighted by Gasteiger charge is -2.14. The molecule has 0 aliphatic carbocycles. The number of pyridine rings is 1. The number of anilines is 3. The van der Waals surface area contributed by atoms with E-state index in [9.17, 15) is 9.65 Å². The van der Waals surface area contributed by atoms with E-state index in [1.807, 2.05) is 37.2 Å². The first-order chi connectivity index (χ1) is 13.6. The van der Waals surface area contributed by atoms with Gasteiger partial charge in [0.05, 0.1) is 11.4 Å². The largest absolute Gasteiger partial charge is 0.353 e. The van der Waals surface area contributed by atoms with E-state index in [0.717, 1.165) is 12.1 Å². The monoisotopic (exact) mass is 377 g/mol. The number of nitrogens with one attached hydrogen (secondary N) is 2. The number of nitriles is 1. The second-order valence-corrected chi connectivity index (χ2v) is 6.33. The molecule has 8 heteroatoms. The van der Waals surface area contributed by atoms with Crippen molar-refractivity contribution >= 4 is 17.5 Å². The number of hydrogen-bond donors (Lipinski definition) is 2. The molecule has 0 fully saturated rings. The van der Waals surface area contributed by atoms with Gasteiger partial charge in [-0.15, -0.1) is 0 Å². The molecule has 0 unspecified atom stereocenters. The van der Waals surface area contributed by atoms with Crippen LogP contribution in [0.2, 0.25) is 0 Å². The maximum atomic E-state index is 13.9. The second kappa shape index (κ2) is 8.88. The number of rotatable bonds is 7. The van der Waals surface area contributed by atoms with E-state index in [4.69, 9.17) is 0 Å². The topological polar surface area (TPSA) is 89.8 Å². The van der Waals surface area contributed by atoms with Crippen molar-refractivity contribution in [2.75, 3.05) is 37.8 Å². The Kier molecular flexibility index (Phi) is 6.09. The Hall–Kier alpha value is -3.57. The first-order valence-electron chi connectivity index (χ1n) is 8.70. The molecular weight excluding hydrogens is 357 g/mol. The van der Waals surface area contributed by atoms with Crippen LogP contribution in [-0.4, -0.2) is 47.0 Å². The van der Waals surface area contributed by atoms with Crippen LogP contribution in [0.3, 0.4) is 0 Å². The van der Waals surface area contributed by atoms with Crippen molar-refractivity contribution in [1.29, 1.82) is 5.26 Å². The molecule has 0 saturated heterocycles. The van der Waals surface area contributed by atoms with Gasteiger partial charge in [0.2, 0.25) is 5.95 Å². The number of likely N-dealkylation sites (N-methyl/N-ethyl adjacent to an activating group) is 1. The minimum atomic E-state index is -0.585. The second-order valence-electron chi connectivity index (χ2n) is 6.33. The number of hydrogen-bond acceptors (Lipinski definition) is 7. The predicted molar refractivity (Wildman–Crippen MR) is 107 cm³/mol. The summed E-state index contributed by atoms with van der Waals surface area (Å²) in [5.74, 6) is 0.294. The van der Waals surface area contributed by atoms with Crippen molar-refractivity contribution in [1.82, 2.24) is 19.9 Å². The highest BCUT2D eigenvalue weighted by atomic mass is 19.1. The summed E-state index contributed by atoms with van der Waals surface area (Å²) in [5.41, 5.74) is 1.76. The number of benzene rings is 1. The molecule has 0 atom stereocenters. The first-order valence-corrected chi connectivity index (χ1v) is 8.70. The van der Waals surface area contributed by atoms with E-state index in [-0.39, 0.29) is 5.56 Å². The van der Waals surface area contributed by atoms with Crippen molar-refractivity contribution < 1.29 is 4.39 Å². The summed E-state index contributed by atoms with van der Waals surface area (Å²) >= 11 is 0. The standard InChI is InChI=1S/C20H20FN7/c1-28(2)10-9-24-20-26-18(14-5-4-8-23-13-14)11-19(27-20)25-17-7-3-6-16(21)15(17)12-22/h3-8,11,13H,9-10H2,1-2H3,(H2,24,25,26,27). The van der Waals surface area contributed by atoms with Crippen LogP contribution in [0.5, 0.6) is 0 Å². The molecule has 0 aliphatic heterocycles. The van der Waals surface area contributed by atoms with E-state index < -0.39 is 5.82 Å². The highest BCUT2D eigenvalue weighted by molar-refractivity contribution is 5.69. The Morgan fingerprint density at radius 3 is 2.75 bits per heavy atom. The predicted octanol–water partition coefficient (Wildman–Crippen LogP) is 3.27. The highest BCUT2D eigenvalue weighted by Crippen LogP contribution is 2.25. The molecule has 2 aromatic heterocycles. The Balaban J connectivity index is 1.95. The summed E-state index contributed by atoms with van der Waals surface area (Å²) in [6.45, 7) is 1.47. The van der Waals surface area contributed by atoms with Crippen molar-refractivity contribution in [3.63, 3.8) is 0 Å². The third-order valence-corrected chi connectivity index (χ3v) is 3.91. The Bertz CT molecular complexity index is 984. The zero-order chi connectivity index (χ0) is 19.9. The van der Waals surface area contributed by atoms with Crippen LogP contribution in [0.25, 0.3) is 11.3 Å². The minimum absolute atomic E-state index is 0.0637. The number of halogens is 1. The summed E-state index contributed by atoms with van der Waals surface area (Å²) in [7, 11) is 3.96. The minimum Gasteiger partial charge on any atom is -0.353 e. The molecular formula is C20H20FN7. The summed E-state index contributed by atoms with van der Waals surface area (Å²) < 4.78 is 13.9. The van der Waals surface area contributed by atoms with Gasteiger partial charge in [-0.25, -0.2) is 9.37 Å². The van der Waals surface area contributed by atoms with E-state index in [1.54, 1.807) is 24.5 Å². The van der Waals surface area contributed by atoms with Gasteiger partial charge in [-0.05, 0) is 38.4 Å². The molecule has 28 heavy (non-hydrogen) atoms. The average Bonchev–Trinajstić information content (AvgIpc) is 2.68. The van der Waals surface area contributed by atoms with E-state index >= 15 is 0 Å². The lowest BCUT2D eigenvalue weighted by Crippen LogP contribution is -2.21. The molecule has 2 N–H and O–H groups in total. The van der Waals surface area contributed by atoms with Crippen LogP contribution in [0.15, 0.2) is 48.8 Å². The molecule has 3 rings (SSSR count). The highest BCUT2D eigenvalue weighted by Gasteiger charge is 2.11. The fraction of sp³-hybridized carbons (Fsp3) is 0.200. The van der Waals surface area contributed by atoms with Crippen LogP contribution < -0.4 is 10.6 Å². The molecule has 0 radical (unpaired) electrons. The lowest BCUT2D eigenvalue weighted by atomic mass is 10.1. The number of aromatic nitrogens is 3. The molecule has 7 nitrogen and oxygen atoms in total. The van der Waals surface area contributed by atoms with Crippen molar-refractivity contribution in [2.45, 2.75) is 0 Å². The van der Waals surface area contributed by atoms with Gasteiger partial charge in [-0.1, -0.05) is 6.07 Å². The van der Waals surface area contributed by atoms with Crippen molar-refractivity contribution in [3.8, 4) is 17.3 Å². The quantitative estimate of drug-likeness (QED) is 0.653. The SMILES string of the molecule is CN(C)CCNc1nc(Nc2cccc(F)c2C#N)cc(-c2cccnc2)n1. The summed E-state index contributed by atoms with van der Waals surface area (Å²) in [5, 5.41) is 15.5. The first kappa shape index (κ1) is 19.2. The van der Waals surface area contributed by atoms with Gasteiger partial charge in [-0.2, -0.15) is 10.2 Å². The van der Waals surface area contributed by atoms with Crippen molar-refractivity contribution in [3.05, 3.63) is 60.2 Å². The van der Waals surface area contributed by atoms with Gasteiger partial charge in [0.25, 0.3) is 0 Å². The maximum Gasteiger partial charge on any atom is 0.225 e. The molecule has 0 spiro atoms. The van der Waals surface area contributed by atoms with E-state index in [0.29, 0.717) is 29.7 Å². The van der Waals surface area contributed by atoms with Crippen LogP contribution >= 0.6 is 0 Å². The lowest BCUT2D eigenvalue weighted by molar-refractivity contribution is 0.425. The van der Waals surface area contributed by atoms with Gasteiger partial charge in [0, 0.05) is 37.1 Å². The zero-order valence-electron chi connectivity index (χ0n) is 15.6. The van der Waals surface area contributed by atoms with Gasteiger partial charge in [0.15, 0.2) is 0 Å². The molecule has 142 valence electrons. The van der Waals surface area contributed by atoms with Gasteiger partial charge < -0.3 is 15.5 Å². The smallest absolute Gasteiger partial charge is 0.225 e. The molecule has 0 aliphatic rings. The van der Waals surface area contributed by atoms with Crippen LogP contribution in [0, 0.1) is 17.1 Å². The molecule has 0 amide bonds. The van der Waals surface area contributed by atoms with Crippen LogP contribution in [0.1, 0.15) is 5.56 Å². The average molecular weight is 377 g/mol. The van der Waals surface area contributed by atoms with Gasteiger partial charge in [-0.3, -0.25) is 4.98 Å². The van der Waals surface area contributed by atoms with Crippen molar-refractivity contribution in [2.24, 2.45) is 0 Å². The summed E-state index contributed by atoms with van der Waals surface area (Å²) in [6, 6.07) is 11.8. The Labute approximate surface area is 162 Å². The van der Waals surface area contributed by atoms with E-state index in [2.05, 4.69) is 25.6 Å². The zero-order valence-corrected chi connectivity index (χ0v) is 15.6. The Morgan fingerprint density at radius 2 is 2.04 bits per heavy atom. The molecule has 2 heterocycles. The molecule has 1 aromatic carbocycles. The fourth-order valence-electron chi connectivity index (χ4n) is 2.52. The van der Waals surface area contributed by atoms with Gasteiger partial charge >= 0.3 is 0 Å². The summed E-state index contributed by atoms with van der Waals surface area (Å²) in [6.07, 6.45) is 3.39. The third kappa shape index (κ3) is 4.78. The van der Waals surface area contributed by atoms with Crippen LogP contribution in [0.4, 0.5) is 21.8 Å². The van der Waals surface area contributed by atoms with Gasteiger partial charge in [0.1, 0.15) is 23.3 Å². The van der Waals surface area contributed by atoms with Crippen LogP contribution in [-0.2, 0) is 0 Å².